The van der Waals surface area contributed by atoms with Gasteiger partial charge >= 0.3 is 6.36 Å². The Bertz CT molecular complexity index is 242. The van der Waals surface area contributed by atoms with Gasteiger partial charge in [-0.05, 0) is 0 Å². The summed E-state index contributed by atoms with van der Waals surface area (Å²) in [6.07, 6.45) is -3.42. The van der Waals surface area contributed by atoms with Crippen molar-refractivity contribution in [2.75, 3.05) is 0 Å². The Kier molecular flexibility index (Phi) is 1.76. The van der Waals surface area contributed by atoms with E-state index in [9.17, 15) is 13.2 Å². The first-order chi connectivity index (χ1) is 4.99. The van der Waals surface area contributed by atoms with E-state index in [1.807, 2.05) is 0 Å². The van der Waals surface area contributed by atoms with Crippen molar-refractivity contribution in [3.05, 3.63) is 12.3 Å². The van der Waals surface area contributed by atoms with Crippen molar-refractivity contribution in [1.29, 1.82) is 0 Å². The lowest BCUT2D eigenvalue weighted by atomic mass is 10.7. The molecule has 0 aromatic carbocycles. The number of aromatic nitrogens is 2. The van der Waals surface area contributed by atoms with Gasteiger partial charge in [-0.3, -0.25) is 0 Å². The molecule has 3 nitrogen and oxygen atoms in total. The van der Waals surface area contributed by atoms with Gasteiger partial charge in [0.2, 0.25) is 5.88 Å². The normalized spacial score (nSPS) is 11.6. The first kappa shape index (κ1) is 7.90. The second-order valence-corrected chi connectivity index (χ2v) is 1.84. The van der Waals surface area contributed by atoms with Gasteiger partial charge in [-0.2, -0.15) is 5.10 Å². The van der Waals surface area contributed by atoms with Crippen LogP contribution in [0.4, 0.5) is 13.2 Å². The Balaban J connectivity index is 2.72. The number of hydrogen-bond donors (Lipinski definition) is 0. The van der Waals surface area contributed by atoms with Crippen LogP contribution in [-0.4, -0.2) is 16.1 Å². The zero-order chi connectivity index (χ0) is 8.48. The van der Waals surface area contributed by atoms with Gasteiger partial charge in [0.05, 0.1) is 6.20 Å². The number of aryl methyl sites for hydroxylation is 1. The lowest BCUT2D eigenvalue weighted by Crippen LogP contribution is -2.18. The molecule has 0 aliphatic rings. The van der Waals surface area contributed by atoms with Crippen molar-refractivity contribution in [1.82, 2.24) is 9.78 Å². The average Bonchev–Trinajstić information content (AvgIpc) is 2.12. The van der Waals surface area contributed by atoms with Crippen LogP contribution >= 0.6 is 0 Å². The molecule has 0 amide bonds. The van der Waals surface area contributed by atoms with E-state index in [1.54, 1.807) is 0 Å². The fourth-order valence-electron chi connectivity index (χ4n) is 0.581. The van der Waals surface area contributed by atoms with Gasteiger partial charge in [0.25, 0.3) is 0 Å². The standard InChI is InChI=1S/C5H5F3N2O/c1-10-4(2-3-9-10)11-5(6,7)8/h2-3H,1H3. The third-order valence-electron chi connectivity index (χ3n) is 0.996. The van der Waals surface area contributed by atoms with E-state index < -0.39 is 6.36 Å². The molecule has 1 aromatic rings. The molecule has 0 unspecified atom stereocenters. The summed E-state index contributed by atoms with van der Waals surface area (Å²) in [7, 11) is 1.36. The van der Waals surface area contributed by atoms with Gasteiger partial charge < -0.3 is 4.74 Å². The smallest absolute Gasteiger partial charge is 0.388 e. The maximum atomic E-state index is 11.5. The van der Waals surface area contributed by atoms with Crippen LogP contribution in [0.2, 0.25) is 0 Å². The summed E-state index contributed by atoms with van der Waals surface area (Å²) in [6.45, 7) is 0. The van der Waals surface area contributed by atoms with Crippen molar-refractivity contribution >= 4 is 0 Å². The van der Waals surface area contributed by atoms with E-state index in [1.165, 1.54) is 13.2 Å². The van der Waals surface area contributed by atoms with Gasteiger partial charge in [0.1, 0.15) is 0 Å². The molecule has 1 rings (SSSR count). The van der Waals surface area contributed by atoms with E-state index >= 15 is 0 Å². The van der Waals surface area contributed by atoms with Gasteiger partial charge in [-0.15, -0.1) is 13.2 Å². The molecule has 0 radical (unpaired) electrons. The van der Waals surface area contributed by atoms with E-state index in [0.29, 0.717) is 0 Å². The summed E-state index contributed by atoms with van der Waals surface area (Å²) >= 11 is 0. The maximum Gasteiger partial charge on any atom is 0.574 e. The quantitative estimate of drug-likeness (QED) is 0.629. The number of ether oxygens (including phenoxy) is 1. The summed E-state index contributed by atoms with van der Waals surface area (Å²) in [6, 6.07) is 1.13. The third kappa shape index (κ3) is 2.14. The summed E-state index contributed by atoms with van der Waals surface area (Å²) in [5.41, 5.74) is 0. The van der Waals surface area contributed by atoms with Crippen LogP contribution in [0.15, 0.2) is 12.3 Å². The van der Waals surface area contributed by atoms with E-state index in [4.69, 9.17) is 0 Å². The summed E-state index contributed by atoms with van der Waals surface area (Å²) in [5.74, 6) is -0.322. The van der Waals surface area contributed by atoms with Gasteiger partial charge in [0.15, 0.2) is 0 Å². The largest absolute Gasteiger partial charge is 0.574 e. The molecule has 0 aliphatic heterocycles. The molecule has 0 aliphatic carbocycles. The van der Waals surface area contributed by atoms with Gasteiger partial charge in [-0.25, -0.2) is 4.68 Å². The van der Waals surface area contributed by atoms with Crippen LogP contribution in [0.5, 0.6) is 5.88 Å². The van der Waals surface area contributed by atoms with Crippen LogP contribution in [0, 0.1) is 0 Å². The van der Waals surface area contributed by atoms with Gasteiger partial charge in [-0.1, -0.05) is 0 Å². The first-order valence-corrected chi connectivity index (χ1v) is 2.73. The molecule has 62 valence electrons. The molecule has 0 spiro atoms. The molecule has 0 saturated heterocycles. The zero-order valence-electron chi connectivity index (χ0n) is 5.59. The second-order valence-electron chi connectivity index (χ2n) is 1.84. The molecule has 0 saturated carbocycles. The van der Waals surface area contributed by atoms with Crippen LogP contribution in [0.3, 0.4) is 0 Å². The molecule has 1 aromatic heterocycles. The van der Waals surface area contributed by atoms with Crippen LogP contribution < -0.4 is 4.74 Å². The van der Waals surface area contributed by atoms with Crippen molar-refractivity contribution in [2.45, 2.75) is 6.36 Å². The first-order valence-electron chi connectivity index (χ1n) is 2.73. The summed E-state index contributed by atoms with van der Waals surface area (Å²) in [5, 5.41) is 3.49. The molecular formula is C5H5F3N2O. The second kappa shape index (κ2) is 2.44. The Morgan fingerprint density at radius 1 is 1.55 bits per heavy atom. The molecule has 0 N–H and O–H groups in total. The minimum absolute atomic E-state index is 0.322. The summed E-state index contributed by atoms with van der Waals surface area (Å²) < 4.78 is 39.2. The average molecular weight is 166 g/mol. The zero-order valence-corrected chi connectivity index (χ0v) is 5.59. The topological polar surface area (TPSA) is 27.1 Å². The molecular weight excluding hydrogens is 161 g/mol. The Hall–Kier alpha value is -1.20. The van der Waals surface area contributed by atoms with E-state index in [-0.39, 0.29) is 5.88 Å². The van der Waals surface area contributed by atoms with E-state index in [2.05, 4.69) is 9.84 Å². The van der Waals surface area contributed by atoms with Crippen molar-refractivity contribution in [2.24, 2.45) is 7.05 Å². The minimum Gasteiger partial charge on any atom is -0.388 e. The highest BCUT2D eigenvalue weighted by Gasteiger charge is 2.32. The Labute approximate surface area is 60.4 Å². The minimum atomic E-state index is -4.65. The fraction of sp³-hybridized carbons (Fsp3) is 0.400. The van der Waals surface area contributed by atoms with E-state index in [0.717, 1.165) is 10.7 Å². The highest BCUT2D eigenvalue weighted by Crippen LogP contribution is 2.20. The van der Waals surface area contributed by atoms with Crippen molar-refractivity contribution < 1.29 is 17.9 Å². The maximum absolute atomic E-state index is 11.5. The summed E-state index contributed by atoms with van der Waals surface area (Å²) in [4.78, 5) is 0. The Morgan fingerprint density at radius 3 is 2.55 bits per heavy atom. The van der Waals surface area contributed by atoms with Crippen LogP contribution in [0.1, 0.15) is 0 Å². The number of rotatable bonds is 1. The molecule has 1 heterocycles. The predicted molar refractivity (Wildman–Crippen MR) is 29.9 cm³/mol. The highest BCUT2D eigenvalue weighted by molar-refractivity contribution is 5.06. The van der Waals surface area contributed by atoms with Crippen LogP contribution in [0.25, 0.3) is 0 Å². The molecule has 11 heavy (non-hydrogen) atoms. The van der Waals surface area contributed by atoms with Crippen molar-refractivity contribution in [3.8, 4) is 5.88 Å². The van der Waals surface area contributed by atoms with Crippen molar-refractivity contribution in [3.63, 3.8) is 0 Å². The third-order valence-corrected chi connectivity index (χ3v) is 0.996. The lowest BCUT2D eigenvalue weighted by molar-refractivity contribution is -0.277. The van der Waals surface area contributed by atoms with Gasteiger partial charge in [0, 0.05) is 13.1 Å². The number of halogens is 3. The number of hydrogen-bond acceptors (Lipinski definition) is 2. The number of nitrogens with zero attached hydrogens (tertiary/aromatic N) is 2. The lowest BCUT2D eigenvalue weighted by Gasteiger charge is -2.07. The highest BCUT2D eigenvalue weighted by atomic mass is 19.4. The molecule has 0 fully saturated rings. The number of alkyl halides is 3. The molecule has 0 atom stereocenters. The fourth-order valence-corrected chi connectivity index (χ4v) is 0.581. The Morgan fingerprint density at radius 2 is 2.18 bits per heavy atom. The SMILES string of the molecule is Cn1nccc1OC(F)(F)F. The predicted octanol–water partition coefficient (Wildman–Crippen LogP) is 1.32. The molecule has 6 heteroatoms. The van der Waals surface area contributed by atoms with Crippen LogP contribution in [-0.2, 0) is 7.05 Å². The molecule has 0 bridgehead atoms. The monoisotopic (exact) mass is 166 g/mol.